The molecule has 1 heterocycles. The molecule has 7 nitrogen and oxygen atoms in total. The molecular formula is C27H41NO6. The highest BCUT2D eigenvalue weighted by Gasteiger charge is 2.41. The Kier molecular flexibility index (Phi) is 9.48. The summed E-state index contributed by atoms with van der Waals surface area (Å²) < 4.78 is 22.4. The maximum atomic E-state index is 14.2. The zero-order valence-electron chi connectivity index (χ0n) is 21.4. The van der Waals surface area contributed by atoms with Crippen molar-refractivity contribution in [1.29, 1.82) is 0 Å². The van der Waals surface area contributed by atoms with E-state index in [0.29, 0.717) is 30.2 Å². The SMILES string of the molecule is CCC(C)OC(=O)[C@@H]1CCCCN1C(=O)C(c1cc(OC)c(OC)c(OC)c1)C1CCCCC1. The summed E-state index contributed by atoms with van der Waals surface area (Å²) in [6, 6.07) is 3.27. The van der Waals surface area contributed by atoms with Gasteiger partial charge in [-0.2, -0.15) is 0 Å². The molecule has 0 N–H and O–H groups in total. The largest absolute Gasteiger partial charge is 0.493 e. The second-order valence-corrected chi connectivity index (χ2v) is 9.53. The average Bonchev–Trinajstić information content (AvgIpc) is 2.88. The van der Waals surface area contributed by atoms with E-state index in [-0.39, 0.29) is 29.8 Å². The van der Waals surface area contributed by atoms with E-state index in [1.54, 1.807) is 26.2 Å². The second-order valence-electron chi connectivity index (χ2n) is 9.53. The Morgan fingerprint density at radius 3 is 2.12 bits per heavy atom. The van der Waals surface area contributed by atoms with Gasteiger partial charge in [-0.25, -0.2) is 4.79 Å². The molecule has 1 aromatic rings. The Morgan fingerprint density at radius 1 is 0.941 bits per heavy atom. The lowest BCUT2D eigenvalue weighted by Gasteiger charge is -2.39. The van der Waals surface area contributed by atoms with E-state index < -0.39 is 6.04 Å². The van der Waals surface area contributed by atoms with Crippen LogP contribution in [0.3, 0.4) is 0 Å². The van der Waals surface area contributed by atoms with Gasteiger partial charge in [0.15, 0.2) is 11.5 Å². The Labute approximate surface area is 204 Å². The highest BCUT2D eigenvalue weighted by molar-refractivity contribution is 5.89. The lowest BCUT2D eigenvalue weighted by atomic mass is 9.75. The van der Waals surface area contributed by atoms with Gasteiger partial charge in [0.2, 0.25) is 11.7 Å². The van der Waals surface area contributed by atoms with Crippen molar-refractivity contribution in [1.82, 2.24) is 4.90 Å². The third kappa shape index (κ3) is 5.78. The molecule has 0 spiro atoms. The number of benzene rings is 1. The number of methoxy groups -OCH3 is 3. The van der Waals surface area contributed by atoms with Crippen molar-refractivity contribution in [3.05, 3.63) is 17.7 Å². The standard InChI is InChI=1S/C27H41NO6/c1-6-18(2)34-27(30)21-14-10-11-15-28(21)26(29)24(19-12-8-7-9-13-19)20-16-22(31-3)25(33-5)23(17-20)32-4/h16-19,21,24H,6-15H2,1-5H3/t18?,21-,24?/m0/s1. The van der Waals surface area contributed by atoms with E-state index in [9.17, 15) is 9.59 Å². The van der Waals surface area contributed by atoms with Gasteiger partial charge in [0, 0.05) is 6.54 Å². The van der Waals surface area contributed by atoms with Gasteiger partial charge in [-0.15, -0.1) is 0 Å². The van der Waals surface area contributed by atoms with Crippen LogP contribution < -0.4 is 14.2 Å². The molecule has 1 aromatic carbocycles. The van der Waals surface area contributed by atoms with Crippen molar-refractivity contribution in [2.75, 3.05) is 27.9 Å². The molecule has 1 aliphatic heterocycles. The molecule has 1 saturated carbocycles. The first-order chi connectivity index (χ1) is 16.4. The molecule has 0 radical (unpaired) electrons. The van der Waals surface area contributed by atoms with Gasteiger partial charge < -0.3 is 23.8 Å². The summed E-state index contributed by atoms with van der Waals surface area (Å²) in [5.41, 5.74) is 0.853. The Balaban J connectivity index is 2.00. The van der Waals surface area contributed by atoms with Crippen molar-refractivity contribution in [3.63, 3.8) is 0 Å². The summed E-state index contributed by atoms with van der Waals surface area (Å²) in [7, 11) is 4.75. The van der Waals surface area contributed by atoms with Crippen molar-refractivity contribution < 1.29 is 28.5 Å². The van der Waals surface area contributed by atoms with E-state index in [1.165, 1.54) is 6.42 Å². The molecule has 190 valence electrons. The van der Waals surface area contributed by atoms with Crippen molar-refractivity contribution in [2.45, 2.75) is 89.7 Å². The lowest BCUT2D eigenvalue weighted by molar-refractivity contribution is -0.161. The van der Waals surface area contributed by atoms with Gasteiger partial charge in [0.1, 0.15) is 6.04 Å². The zero-order chi connectivity index (χ0) is 24.7. The van der Waals surface area contributed by atoms with E-state index in [0.717, 1.165) is 50.5 Å². The number of carbonyl (C=O) groups excluding carboxylic acids is 2. The number of hydrogen-bond acceptors (Lipinski definition) is 6. The fraction of sp³-hybridized carbons (Fsp3) is 0.704. The van der Waals surface area contributed by atoms with Gasteiger partial charge in [-0.05, 0) is 69.1 Å². The van der Waals surface area contributed by atoms with Crippen molar-refractivity contribution in [2.24, 2.45) is 5.92 Å². The summed E-state index contributed by atoms with van der Waals surface area (Å²) in [5.74, 6) is 1.15. The molecule has 34 heavy (non-hydrogen) atoms. The molecule has 0 bridgehead atoms. The van der Waals surface area contributed by atoms with E-state index >= 15 is 0 Å². The van der Waals surface area contributed by atoms with E-state index in [4.69, 9.17) is 18.9 Å². The van der Waals surface area contributed by atoms with Gasteiger partial charge in [-0.3, -0.25) is 4.79 Å². The molecule has 1 aliphatic carbocycles. The highest BCUT2D eigenvalue weighted by atomic mass is 16.5. The number of nitrogens with zero attached hydrogens (tertiary/aromatic N) is 1. The number of piperidine rings is 1. The van der Waals surface area contributed by atoms with Crippen LogP contribution in [0, 0.1) is 5.92 Å². The molecule has 2 fully saturated rings. The molecule has 1 saturated heterocycles. The van der Waals surface area contributed by atoms with Crippen LogP contribution in [0.1, 0.15) is 83.1 Å². The molecule has 0 aromatic heterocycles. The molecule has 1 amide bonds. The number of carbonyl (C=O) groups is 2. The quantitative estimate of drug-likeness (QED) is 0.463. The van der Waals surface area contributed by atoms with E-state index in [2.05, 4.69) is 0 Å². The second kappa shape index (κ2) is 12.3. The minimum atomic E-state index is -0.525. The van der Waals surface area contributed by atoms with Gasteiger partial charge in [0.25, 0.3) is 0 Å². The first kappa shape index (κ1) is 26.2. The minimum Gasteiger partial charge on any atom is -0.493 e. The topological polar surface area (TPSA) is 74.3 Å². The summed E-state index contributed by atoms with van der Waals surface area (Å²) in [5, 5.41) is 0. The van der Waals surface area contributed by atoms with Crippen molar-refractivity contribution >= 4 is 11.9 Å². The maximum Gasteiger partial charge on any atom is 0.329 e. The molecule has 2 aliphatic rings. The van der Waals surface area contributed by atoms with Gasteiger partial charge in [0.05, 0.1) is 33.4 Å². The monoisotopic (exact) mass is 475 g/mol. The highest BCUT2D eigenvalue weighted by Crippen LogP contribution is 2.45. The third-order valence-electron chi connectivity index (χ3n) is 7.38. The number of esters is 1. The van der Waals surface area contributed by atoms with E-state index in [1.807, 2.05) is 26.0 Å². The van der Waals surface area contributed by atoms with Crippen LogP contribution in [0.25, 0.3) is 0 Å². The lowest BCUT2D eigenvalue weighted by Crippen LogP contribution is -2.51. The number of rotatable bonds is 9. The maximum absolute atomic E-state index is 14.2. The van der Waals surface area contributed by atoms with Crippen LogP contribution in [0.5, 0.6) is 17.2 Å². The summed E-state index contributed by atoms with van der Waals surface area (Å²) in [6.45, 7) is 4.46. The van der Waals surface area contributed by atoms with Crippen LogP contribution in [-0.2, 0) is 14.3 Å². The summed E-state index contributed by atoms with van der Waals surface area (Å²) in [4.78, 5) is 29.0. The number of hydrogen-bond donors (Lipinski definition) is 0. The molecule has 3 rings (SSSR count). The first-order valence-electron chi connectivity index (χ1n) is 12.8. The predicted molar refractivity (Wildman–Crippen MR) is 131 cm³/mol. The molecule has 2 unspecified atom stereocenters. The molecular weight excluding hydrogens is 434 g/mol. The van der Waals surface area contributed by atoms with Crippen LogP contribution in [0.2, 0.25) is 0 Å². The van der Waals surface area contributed by atoms with Gasteiger partial charge in [-0.1, -0.05) is 26.2 Å². The van der Waals surface area contributed by atoms with Crippen LogP contribution in [-0.4, -0.2) is 56.8 Å². The predicted octanol–water partition coefficient (Wildman–Crippen LogP) is 5.10. The van der Waals surface area contributed by atoms with Crippen molar-refractivity contribution in [3.8, 4) is 17.2 Å². The average molecular weight is 476 g/mol. The van der Waals surface area contributed by atoms with Crippen LogP contribution >= 0.6 is 0 Å². The number of amides is 1. The Hall–Kier alpha value is -2.44. The first-order valence-corrected chi connectivity index (χ1v) is 12.8. The third-order valence-corrected chi connectivity index (χ3v) is 7.38. The smallest absolute Gasteiger partial charge is 0.329 e. The zero-order valence-corrected chi connectivity index (χ0v) is 21.4. The molecule has 7 heteroatoms. The Bertz CT molecular complexity index is 809. The summed E-state index contributed by atoms with van der Waals surface area (Å²) >= 11 is 0. The van der Waals surface area contributed by atoms with Gasteiger partial charge >= 0.3 is 5.97 Å². The van der Waals surface area contributed by atoms with Crippen LogP contribution in [0.4, 0.5) is 0 Å². The number of ether oxygens (including phenoxy) is 4. The fourth-order valence-corrected chi connectivity index (χ4v) is 5.34. The molecule has 3 atom stereocenters. The Morgan fingerprint density at radius 2 is 1.56 bits per heavy atom. The minimum absolute atomic E-state index is 0.00646. The van der Waals surface area contributed by atoms with Crippen LogP contribution in [0.15, 0.2) is 12.1 Å². The summed E-state index contributed by atoms with van der Waals surface area (Å²) in [6.07, 6.45) is 8.45. The fourth-order valence-electron chi connectivity index (χ4n) is 5.34. The number of likely N-dealkylation sites (tertiary alicyclic amines) is 1. The normalized spacial score (nSPS) is 20.9.